The molecule has 1 aliphatic rings. The van der Waals surface area contributed by atoms with Crippen LogP contribution in [0, 0.1) is 0 Å². The van der Waals surface area contributed by atoms with Crippen LogP contribution in [0.2, 0.25) is 0 Å². The summed E-state index contributed by atoms with van der Waals surface area (Å²) in [5.74, 6) is 0.509. The third kappa shape index (κ3) is 2.32. The van der Waals surface area contributed by atoms with Gasteiger partial charge in [0.2, 0.25) is 17.3 Å². The summed E-state index contributed by atoms with van der Waals surface area (Å²) in [7, 11) is 0. The van der Waals surface area contributed by atoms with E-state index in [-0.39, 0.29) is 6.23 Å². The number of hydrogen-bond acceptors (Lipinski definition) is 7. The predicted molar refractivity (Wildman–Crippen MR) is 88.4 cm³/mol. The van der Waals surface area contributed by atoms with E-state index in [0.29, 0.717) is 16.7 Å². The number of fused-ring (bicyclic) bond motifs is 3. The molecule has 0 unspecified atom stereocenters. The number of thioether (sulfide) groups is 1. The van der Waals surface area contributed by atoms with Crippen molar-refractivity contribution in [3.05, 3.63) is 46.7 Å². The highest BCUT2D eigenvalue weighted by Gasteiger charge is 2.26. The average molecular weight is 328 g/mol. The summed E-state index contributed by atoms with van der Waals surface area (Å²) in [6, 6.07) is 12.0. The normalized spacial score (nSPS) is 16.0. The van der Waals surface area contributed by atoms with Crippen molar-refractivity contribution in [1.29, 1.82) is 0 Å². The zero-order valence-electron chi connectivity index (χ0n) is 11.7. The smallest absolute Gasteiger partial charge is 0.247 e. The first kappa shape index (κ1) is 13.5. The molecule has 0 aliphatic carbocycles. The molecule has 2 aromatic heterocycles. The van der Waals surface area contributed by atoms with Crippen LogP contribution in [0.1, 0.15) is 11.1 Å². The van der Waals surface area contributed by atoms with Crippen molar-refractivity contribution in [2.24, 2.45) is 0 Å². The van der Waals surface area contributed by atoms with Crippen molar-refractivity contribution in [3.63, 3.8) is 0 Å². The summed E-state index contributed by atoms with van der Waals surface area (Å²) in [4.78, 5) is 5.57. The van der Waals surface area contributed by atoms with Crippen molar-refractivity contribution in [3.8, 4) is 17.1 Å². The molecule has 7 heteroatoms. The minimum absolute atomic E-state index is 0.284. The van der Waals surface area contributed by atoms with E-state index in [4.69, 9.17) is 4.74 Å². The molecule has 0 radical (unpaired) electrons. The van der Waals surface area contributed by atoms with Gasteiger partial charge in [-0.25, -0.2) is 0 Å². The first-order valence-corrected chi connectivity index (χ1v) is 8.80. The molecule has 0 saturated carbocycles. The number of benzene rings is 1. The van der Waals surface area contributed by atoms with Crippen LogP contribution in [0.3, 0.4) is 0 Å². The van der Waals surface area contributed by atoms with Gasteiger partial charge in [-0.2, -0.15) is 4.98 Å². The van der Waals surface area contributed by atoms with Gasteiger partial charge in [-0.1, -0.05) is 36.0 Å². The van der Waals surface area contributed by atoms with Gasteiger partial charge in [0.25, 0.3) is 0 Å². The Hall–Kier alpha value is -2.12. The number of aromatic nitrogens is 3. The topological polar surface area (TPSA) is 59.9 Å². The first-order chi connectivity index (χ1) is 10.8. The number of nitrogens with one attached hydrogen (secondary N) is 1. The highest BCUT2D eigenvalue weighted by molar-refractivity contribution is 7.98. The fraction of sp³-hybridized carbons (Fsp3) is 0.133. The van der Waals surface area contributed by atoms with E-state index in [9.17, 15) is 0 Å². The molecule has 4 rings (SSSR count). The zero-order valence-corrected chi connectivity index (χ0v) is 13.3. The molecule has 110 valence electrons. The van der Waals surface area contributed by atoms with Crippen LogP contribution in [-0.2, 0) is 0 Å². The molecule has 0 amide bonds. The molecule has 22 heavy (non-hydrogen) atoms. The minimum Gasteiger partial charge on any atom is -0.447 e. The van der Waals surface area contributed by atoms with Crippen LogP contribution in [-0.4, -0.2) is 21.4 Å². The van der Waals surface area contributed by atoms with Gasteiger partial charge in [0.1, 0.15) is 0 Å². The monoisotopic (exact) mass is 328 g/mol. The zero-order chi connectivity index (χ0) is 14.9. The molecule has 3 aromatic rings. The van der Waals surface area contributed by atoms with Crippen molar-refractivity contribution >= 4 is 28.8 Å². The van der Waals surface area contributed by atoms with Gasteiger partial charge < -0.3 is 10.1 Å². The molecule has 1 N–H and O–H groups in total. The Kier molecular flexibility index (Phi) is 3.44. The van der Waals surface area contributed by atoms with Crippen molar-refractivity contribution in [2.45, 2.75) is 11.4 Å². The Balaban J connectivity index is 1.88. The molecule has 5 nitrogen and oxygen atoms in total. The molecule has 3 heterocycles. The quantitative estimate of drug-likeness (QED) is 0.722. The number of rotatable bonds is 2. The van der Waals surface area contributed by atoms with Gasteiger partial charge in [-0.15, -0.1) is 21.5 Å². The Morgan fingerprint density at radius 2 is 2.09 bits per heavy atom. The SMILES string of the molecule is CSc1nnc2c(n1)O[C@@H](c1cccs1)Nc1ccccc1-2. The van der Waals surface area contributed by atoms with Gasteiger partial charge in [-0.3, -0.25) is 0 Å². The second-order valence-electron chi connectivity index (χ2n) is 4.66. The van der Waals surface area contributed by atoms with Crippen LogP contribution in [0.4, 0.5) is 5.69 Å². The van der Waals surface area contributed by atoms with Crippen LogP contribution in [0.5, 0.6) is 5.88 Å². The lowest BCUT2D eigenvalue weighted by molar-refractivity contribution is 0.229. The maximum atomic E-state index is 6.10. The summed E-state index contributed by atoms with van der Waals surface area (Å²) in [5.41, 5.74) is 2.58. The fourth-order valence-electron chi connectivity index (χ4n) is 2.30. The molecule has 1 aromatic carbocycles. The highest BCUT2D eigenvalue weighted by Crippen LogP contribution is 2.39. The van der Waals surface area contributed by atoms with Gasteiger partial charge in [0.05, 0.1) is 4.88 Å². The van der Waals surface area contributed by atoms with E-state index in [2.05, 4.69) is 20.5 Å². The van der Waals surface area contributed by atoms with E-state index in [0.717, 1.165) is 16.1 Å². The Bertz CT molecular complexity index is 807. The van der Waals surface area contributed by atoms with E-state index in [1.165, 1.54) is 11.8 Å². The Morgan fingerprint density at radius 3 is 2.91 bits per heavy atom. The Morgan fingerprint density at radius 1 is 1.18 bits per heavy atom. The molecule has 1 aliphatic heterocycles. The van der Waals surface area contributed by atoms with Gasteiger partial charge in [-0.05, 0) is 23.8 Å². The summed E-state index contributed by atoms with van der Waals surface area (Å²) in [5, 5.41) is 14.5. The number of para-hydroxylation sites is 1. The minimum atomic E-state index is -0.284. The number of anilines is 1. The number of nitrogens with zero attached hydrogens (tertiary/aromatic N) is 3. The van der Waals surface area contributed by atoms with E-state index >= 15 is 0 Å². The van der Waals surface area contributed by atoms with Crippen molar-refractivity contribution in [1.82, 2.24) is 15.2 Å². The predicted octanol–water partition coefficient (Wildman–Crippen LogP) is 3.83. The summed E-state index contributed by atoms with van der Waals surface area (Å²) in [6.07, 6.45) is 1.64. The van der Waals surface area contributed by atoms with Gasteiger partial charge in [0, 0.05) is 11.3 Å². The highest BCUT2D eigenvalue weighted by atomic mass is 32.2. The van der Waals surface area contributed by atoms with Crippen LogP contribution in [0.25, 0.3) is 11.3 Å². The summed E-state index contributed by atoms with van der Waals surface area (Å²) < 4.78 is 6.10. The lowest BCUT2D eigenvalue weighted by Crippen LogP contribution is -2.15. The average Bonchev–Trinajstić information content (AvgIpc) is 3.04. The number of hydrogen-bond donors (Lipinski definition) is 1. The lowest BCUT2D eigenvalue weighted by atomic mass is 10.1. The van der Waals surface area contributed by atoms with Gasteiger partial charge in [0.15, 0.2) is 5.69 Å². The summed E-state index contributed by atoms with van der Waals surface area (Å²) >= 11 is 3.09. The van der Waals surface area contributed by atoms with Crippen LogP contribution < -0.4 is 10.1 Å². The van der Waals surface area contributed by atoms with E-state index < -0.39 is 0 Å². The lowest BCUT2D eigenvalue weighted by Gasteiger charge is -2.17. The molecule has 0 bridgehead atoms. The second kappa shape index (κ2) is 5.58. The second-order valence-corrected chi connectivity index (χ2v) is 6.41. The molecular weight excluding hydrogens is 316 g/mol. The van der Waals surface area contributed by atoms with Crippen LogP contribution >= 0.6 is 23.1 Å². The maximum absolute atomic E-state index is 6.10. The molecule has 0 saturated heterocycles. The standard InChI is InChI=1S/C15H12N4OS2/c1-21-15-17-14-12(18-19-15)9-5-2-3-6-10(9)16-13(20-14)11-7-4-8-22-11/h2-8,13,16H,1H3/t13-/m0/s1. The number of thiophene rings is 1. The van der Waals surface area contributed by atoms with Crippen LogP contribution in [0.15, 0.2) is 46.9 Å². The maximum Gasteiger partial charge on any atom is 0.247 e. The van der Waals surface area contributed by atoms with E-state index in [1.807, 2.05) is 48.0 Å². The number of ether oxygens (including phenoxy) is 1. The van der Waals surface area contributed by atoms with Gasteiger partial charge >= 0.3 is 0 Å². The molecule has 1 atom stereocenters. The first-order valence-electron chi connectivity index (χ1n) is 6.70. The molecule has 0 fully saturated rings. The molecular formula is C15H12N4OS2. The third-order valence-corrected chi connectivity index (χ3v) is 4.77. The third-order valence-electron chi connectivity index (χ3n) is 3.32. The summed E-state index contributed by atoms with van der Waals surface area (Å²) in [6.45, 7) is 0. The van der Waals surface area contributed by atoms with E-state index in [1.54, 1.807) is 11.3 Å². The van der Waals surface area contributed by atoms with Crippen molar-refractivity contribution < 1.29 is 4.74 Å². The Labute approximate surface area is 135 Å². The largest absolute Gasteiger partial charge is 0.447 e. The fourth-order valence-corrected chi connectivity index (χ4v) is 3.30. The molecule has 0 spiro atoms. The van der Waals surface area contributed by atoms with Crippen molar-refractivity contribution in [2.75, 3.05) is 11.6 Å².